The number of aliphatic hydroxyl groups excluding tert-OH is 1. The van der Waals surface area contributed by atoms with Gasteiger partial charge < -0.3 is 5.11 Å². The quantitative estimate of drug-likeness (QED) is 0.666. The van der Waals surface area contributed by atoms with E-state index in [0.29, 0.717) is 24.9 Å². The van der Waals surface area contributed by atoms with Gasteiger partial charge >= 0.3 is 0 Å². The van der Waals surface area contributed by atoms with Crippen molar-refractivity contribution in [1.82, 2.24) is 4.90 Å². The largest absolute Gasteiger partial charge is 0.394 e. The number of benzene rings is 1. The minimum absolute atomic E-state index is 0.00528. The van der Waals surface area contributed by atoms with Crippen molar-refractivity contribution in [2.24, 2.45) is 0 Å². The zero-order chi connectivity index (χ0) is 14.5. The first-order valence-corrected chi connectivity index (χ1v) is 6.65. The predicted octanol–water partition coefficient (Wildman–Crippen LogP) is 2.93. The highest BCUT2D eigenvalue weighted by Gasteiger charge is 2.50. The van der Waals surface area contributed by atoms with Crippen molar-refractivity contribution in [3.05, 3.63) is 47.3 Å². The maximum absolute atomic E-state index is 13.4. The lowest BCUT2D eigenvalue weighted by Gasteiger charge is -2.33. The molecule has 2 nitrogen and oxygen atoms in total. The number of fused-ring (bicyclic) bond motifs is 1. The second-order valence-corrected chi connectivity index (χ2v) is 5.79. The average molecular weight is 283 g/mol. The molecule has 2 saturated heterocycles. The Morgan fingerprint density at radius 1 is 1.30 bits per heavy atom. The number of aliphatic hydroxyl groups is 1. The summed E-state index contributed by atoms with van der Waals surface area (Å²) in [6, 6.07) is 1.90. The zero-order valence-electron chi connectivity index (χ0n) is 11.0. The first kappa shape index (κ1) is 13.6. The lowest BCUT2D eigenvalue weighted by Crippen LogP contribution is -2.42. The average Bonchev–Trinajstić information content (AvgIpc) is 2.90. The van der Waals surface area contributed by atoms with Crippen LogP contribution in [-0.4, -0.2) is 28.7 Å². The van der Waals surface area contributed by atoms with E-state index >= 15 is 0 Å². The Balaban J connectivity index is 1.98. The van der Waals surface area contributed by atoms with Crippen LogP contribution in [0.15, 0.2) is 24.3 Å². The number of hydrogen-bond acceptors (Lipinski definition) is 2. The minimum Gasteiger partial charge on any atom is -0.394 e. The van der Waals surface area contributed by atoms with Crippen LogP contribution in [0.5, 0.6) is 0 Å². The molecule has 2 fully saturated rings. The van der Waals surface area contributed by atoms with Crippen LogP contribution in [0.3, 0.4) is 0 Å². The molecule has 1 aromatic rings. The molecule has 0 saturated carbocycles. The van der Waals surface area contributed by atoms with Crippen LogP contribution in [0, 0.1) is 17.5 Å². The molecular weight excluding hydrogens is 267 g/mol. The number of hydrogen-bond donors (Lipinski definition) is 1. The van der Waals surface area contributed by atoms with E-state index in [1.165, 1.54) is 0 Å². The Labute approximate surface area is 115 Å². The molecule has 2 heterocycles. The van der Waals surface area contributed by atoms with Crippen LogP contribution in [0.4, 0.5) is 13.2 Å². The Kier molecular flexibility index (Phi) is 3.14. The predicted molar refractivity (Wildman–Crippen MR) is 68.6 cm³/mol. The van der Waals surface area contributed by atoms with Gasteiger partial charge in [0.2, 0.25) is 0 Å². The first-order chi connectivity index (χ1) is 9.47. The molecule has 0 amide bonds. The van der Waals surface area contributed by atoms with Crippen LogP contribution in [0.25, 0.3) is 0 Å². The van der Waals surface area contributed by atoms with Gasteiger partial charge in [-0.25, -0.2) is 13.2 Å². The highest BCUT2D eigenvalue weighted by molar-refractivity contribution is 5.28. The van der Waals surface area contributed by atoms with Crippen molar-refractivity contribution in [2.45, 2.75) is 30.8 Å². The van der Waals surface area contributed by atoms with E-state index < -0.39 is 17.5 Å². The number of nitrogens with zero attached hydrogens (tertiary/aromatic N) is 1. The van der Waals surface area contributed by atoms with Gasteiger partial charge in [0.05, 0.1) is 6.61 Å². The molecule has 20 heavy (non-hydrogen) atoms. The van der Waals surface area contributed by atoms with Crippen molar-refractivity contribution >= 4 is 0 Å². The molecule has 1 aromatic carbocycles. The first-order valence-electron chi connectivity index (χ1n) is 6.65. The lowest BCUT2D eigenvalue weighted by molar-refractivity contribution is 0.0774. The summed E-state index contributed by atoms with van der Waals surface area (Å²) in [5.74, 6) is -3.77. The Bertz CT molecular complexity index is 551. The van der Waals surface area contributed by atoms with Gasteiger partial charge in [-0.15, -0.1) is 0 Å². The molecule has 2 aliphatic heterocycles. The van der Waals surface area contributed by atoms with Crippen molar-refractivity contribution in [2.75, 3.05) is 13.2 Å². The molecule has 2 aliphatic rings. The fourth-order valence-electron chi connectivity index (χ4n) is 3.61. The maximum Gasteiger partial charge on any atom is 0.194 e. The van der Waals surface area contributed by atoms with Crippen LogP contribution in [0.2, 0.25) is 0 Å². The van der Waals surface area contributed by atoms with Crippen molar-refractivity contribution in [3.63, 3.8) is 0 Å². The summed E-state index contributed by atoms with van der Waals surface area (Å²) < 4.78 is 39.8. The summed E-state index contributed by atoms with van der Waals surface area (Å²) >= 11 is 0. The molecule has 3 rings (SSSR count). The summed E-state index contributed by atoms with van der Waals surface area (Å²) in [7, 11) is 0. The summed E-state index contributed by atoms with van der Waals surface area (Å²) in [6.07, 6.45) is 2.14. The fraction of sp³-hybridized carbons (Fsp3) is 0.467. The molecule has 5 heteroatoms. The monoisotopic (exact) mass is 283 g/mol. The normalized spacial score (nSPS) is 30.0. The number of rotatable bonds is 2. The Morgan fingerprint density at radius 2 is 1.95 bits per heavy atom. The van der Waals surface area contributed by atoms with Gasteiger partial charge in [-0.05, 0) is 37.0 Å². The van der Waals surface area contributed by atoms with Gasteiger partial charge in [-0.3, -0.25) is 4.90 Å². The fourth-order valence-corrected chi connectivity index (χ4v) is 3.61. The minimum atomic E-state index is -1.44. The van der Waals surface area contributed by atoms with E-state index in [-0.39, 0.29) is 18.2 Å². The molecule has 2 unspecified atom stereocenters. The second-order valence-electron chi connectivity index (χ2n) is 5.79. The van der Waals surface area contributed by atoms with Gasteiger partial charge in [0, 0.05) is 18.1 Å². The topological polar surface area (TPSA) is 23.5 Å². The number of halogens is 3. The summed E-state index contributed by atoms with van der Waals surface area (Å²) in [5.41, 5.74) is 1.06. The van der Waals surface area contributed by atoms with Crippen LogP contribution in [0.1, 0.15) is 30.9 Å². The van der Waals surface area contributed by atoms with Crippen molar-refractivity contribution in [3.8, 4) is 0 Å². The van der Waals surface area contributed by atoms with E-state index in [1.54, 1.807) is 0 Å². The highest BCUT2D eigenvalue weighted by Crippen LogP contribution is 2.49. The third-order valence-corrected chi connectivity index (χ3v) is 4.53. The van der Waals surface area contributed by atoms with Gasteiger partial charge in [0.15, 0.2) is 17.5 Å². The second kappa shape index (κ2) is 4.60. The van der Waals surface area contributed by atoms with Crippen molar-refractivity contribution in [1.29, 1.82) is 0 Å². The van der Waals surface area contributed by atoms with Crippen LogP contribution < -0.4 is 0 Å². The summed E-state index contributed by atoms with van der Waals surface area (Å²) in [4.78, 5) is 2.04. The van der Waals surface area contributed by atoms with Crippen LogP contribution >= 0.6 is 0 Å². The third-order valence-electron chi connectivity index (χ3n) is 4.53. The smallest absolute Gasteiger partial charge is 0.194 e. The Hall–Kier alpha value is -1.33. The van der Waals surface area contributed by atoms with Gasteiger partial charge in [-0.1, -0.05) is 12.2 Å². The van der Waals surface area contributed by atoms with E-state index in [2.05, 4.69) is 6.58 Å². The van der Waals surface area contributed by atoms with Crippen LogP contribution in [-0.2, 0) is 0 Å². The van der Waals surface area contributed by atoms with Crippen molar-refractivity contribution < 1.29 is 18.3 Å². The van der Waals surface area contributed by atoms with Gasteiger partial charge in [0.25, 0.3) is 0 Å². The van der Waals surface area contributed by atoms with Gasteiger partial charge in [0.1, 0.15) is 0 Å². The molecular formula is C15H16F3NO. The summed E-state index contributed by atoms with van der Waals surface area (Å²) in [6.45, 7) is 4.54. The zero-order valence-corrected chi connectivity index (χ0v) is 11.0. The molecule has 1 N–H and O–H groups in total. The highest BCUT2D eigenvalue weighted by atomic mass is 19.2. The Morgan fingerprint density at radius 3 is 2.55 bits per heavy atom. The van der Waals surface area contributed by atoms with Gasteiger partial charge in [-0.2, -0.15) is 0 Å². The molecule has 0 aromatic heterocycles. The van der Waals surface area contributed by atoms with E-state index in [9.17, 15) is 18.3 Å². The van der Waals surface area contributed by atoms with E-state index in [4.69, 9.17) is 0 Å². The molecule has 0 aliphatic carbocycles. The molecule has 108 valence electrons. The molecule has 2 atom stereocenters. The molecule has 0 spiro atoms. The van der Waals surface area contributed by atoms with E-state index in [0.717, 1.165) is 24.1 Å². The SMILES string of the molecule is C=C1CN2C(c3cc(F)c(F)c(F)c3)CCC2(CO)C1. The third kappa shape index (κ3) is 1.88. The molecule has 0 bridgehead atoms. The molecule has 0 radical (unpaired) electrons. The lowest BCUT2D eigenvalue weighted by atomic mass is 9.93. The maximum atomic E-state index is 13.4. The van der Waals surface area contributed by atoms with E-state index in [1.807, 2.05) is 4.90 Å². The summed E-state index contributed by atoms with van der Waals surface area (Å²) in [5, 5.41) is 9.67. The standard InChI is InChI=1S/C15H16F3NO/c1-9-6-15(8-20)3-2-13(19(15)7-9)10-4-11(16)14(18)12(17)5-10/h4-5,13,20H,1-3,6-8H2.